The molecule has 0 aliphatic heterocycles. The van der Waals surface area contributed by atoms with Crippen LogP contribution >= 0.6 is 0 Å². The number of carbonyl (C=O) groups excluding carboxylic acids is 3. The van der Waals surface area contributed by atoms with Gasteiger partial charge < -0.3 is 50.0 Å². The molecule has 1 aliphatic carbocycles. The number of hydrogen-bond donors (Lipinski definition) is 7. The molecule has 0 heterocycles. The van der Waals surface area contributed by atoms with E-state index in [1.807, 2.05) is 0 Å². The predicted molar refractivity (Wildman–Crippen MR) is 141 cm³/mol. The van der Waals surface area contributed by atoms with E-state index in [0.717, 1.165) is 42.5 Å². The van der Waals surface area contributed by atoms with Crippen molar-refractivity contribution in [3.05, 3.63) is 59.7 Å². The molecule has 0 bridgehead atoms. The Kier molecular flexibility index (Phi) is 9.95. The fourth-order valence-electron chi connectivity index (χ4n) is 4.14. The topological polar surface area (TPSA) is 255 Å². The molecule has 1 aliphatic rings. The molecule has 3 rings (SSSR count). The van der Waals surface area contributed by atoms with Crippen molar-refractivity contribution in [2.24, 2.45) is 0 Å². The summed E-state index contributed by atoms with van der Waals surface area (Å²) in [4.78, 5) is 60.5. The molecule has 0 amide bonds. The minimum Gasteiger partial charge on any atom is -0.504 e. The summed E-state index contributed by atoms with van der Waals surface area (Å²) < 4.78 is 15.4. The van der Waals surface area contributed by atoms with Gasteiger partial charge in [0.2, 0.25) is 5.60 Å². The number of ether oxygens (including phenoxy) is 3. The molecule has 1 saturated carbocycles. The van der Waals surface area contributed by atoms with Crippen molar-refractivity contribution in [1.82, 2.24) is 0 Å². The van der Waals surface area contributed by atoms with Crippen LogP contribution in [0, 0.1) is 0 Å². The zero-order chi connectivity index (χ0) is 31.9. The number of carbonyl (C=O) groups is 5. The van der Waals surface area contributed by atoms with Gasteiger partial charge in [0.15, 0.2) is 29.1 Å². The monoisotopic (exact) mass is 602 g/mol. The quantitative estimate of drug-likeness (QED) is 0.0659. The number of rotatable bonds is 10. The molecule has 0 aromatic heterocycles. The Morgan fingerprint density at radius 2 is 1.30 bits per heavy atom. The third kappa shape index (κ3) is 8.46. The van der Waals surface area contributed by atoms with Crippen LogP contribution in [0.1, 0.15) is 30.4 Å². The Labute approximate surface area is 242 Å². The van der Waals surface area contributed by atoms with Crippen molar-refractivity contribution in [1.29, 1.82) is 0 Å². The second kappa shape index (κ2) is 13.4. The van der Waals surface area contributed by atoms with Gasteiger partial charge in [-0.25, -0.2) is 14.4 Å². The second-order valence-corrected chi connectivity index (χ2v) is 9.36. The van der Waals surface area contributed by atoms with Crippen LogP contribution in [0.4, 0.5) is 0 Å². The Balaban J connectivity index is 1.83. The Bertz CT molecular complexity index is 1480. The van der Waals surface area contributed by atoms with E-state index in [9.17, 15) is 54.6 Å². The third-order valence-electron chi connectivity index (χ3n) is 6.15. The van der Waals surface area contributed by atoms with Crippen LogP contribution in [-0.4, -0.2) is 89.5 Å². The fraction of sp³-hybridized carbons (Fsp3) is 0.250. The van der Waals surface area contributed by atoms with Gasteiger partial charge in [0.05, 0.1) is 6.10 Å². The highest BCUT2D eigenvalue weighted by atomic mass is 16.6. The van der Waals surface area contributed by atoms with Gasteiger partial charge in [-0.3, -0.25) is 9.59 Å². The van der Waals surface area contributed by atoms with Gasteiger partial charge in [0, 0.05) is 25.0 Å². The average molecular weight is 603 g/mol. The molecular formula is C28H26O15. The van der Waals surface area contributed by atoms with E-state index in [0.29, 0.717) is 0 Å². The first-order valence-corrected chi connectivity index (χ1v) is 12.4. The lowest BCUT2D eigenvalue weighted by Crippen LogP contribution is -2.59. The maximum Gasteiger partial charge on any atom is 0.348 e. The largest absolute Gasteiger partial charge is 0.504 e. The minimum atomic E-state index is -2.52. The first-order chi connectivity index (χ1) is 20.2. The third-order valence-corrected chi connectivity index (χ3v) is 6.15. The lowest BCUT2D eigenvalue weighted by Gasteiger charge is -2.42. The molecule has 15 nitrogen and oxygen atoms in total. The fourth-order valence-corrected chi connectivity index (χ4v) is 4.14. The first kappa shape index (κ1) is 32.0. The van der Waals surface area contributed by atoms with Gasteiger partial charge in [0.1, 0.15) is 12.5 Å². The molecule has 2 aromatic rings. The summed E-state index contributed by atoms with van der Waals surface area (Å²) in [5.41, 5.74) is -2.04. The zero-order valence-corrected chi connectivity index (χ0v) is 22.0. The number of carboxylic acids is 2. The number of hydrogen-bond acceptors (Lipinski definition) is 13. The molecule has 228 valence electrons. The van der Waals surface area contributed by atoms with E-state index in [1.165, 1.54) is 18.2 Å². The van der Waals surface area contributed by atoms with Gasteiger partial charge in [-0.1, -0.05) is 12.1 Å². The molecule has 0 radical (unpaired) electrons. The number of benzene rings is 2. The van der Waals surface area contributed by atoms with E-state index >= 15 is 0 Å². The van der Waals surface area contributed by atoms with Crippen molar-refractivity contribution >= 4 is 42.0 Å². The number of phenolic OH excluding ortho intramolecular Hbond substituents is 4. The van der Waals surface area contributed by atoms with Crippen LogP contribution in [0.3, 0.4) is 0 Å². The Morgan fingerprint density at radius 1 is 0.767 bits per heavy atom. The van der Waals surface area contributed by atoms with E-state index in [4.69, 9.17) is 19.3 Å². The number of phenols is 4. The van der Waals surface area contributed by atoms with E-state index in [2.05, 4.69) is 0 Å². The summed E-state index contributed by atoms with van der Waals surface area (Å²) in [5.74, 6) is -8.84. The summed E-state index contributed by atoms with van der Waals surface area (Å²) in [5, 5.41) is 67.6. The maximum absolute atomic E-state index is 12.6. The van der Waals surface area contributed by atoms with E-state index in [-0.39, 0.29) is 11.1 Å². The lowest BCUT2D eigenvalue weighted by atomic mass is 9.79. The molecule has 2 aromatic carbocycles. The molecule has 4 atom stereocenters. The van der Waals surface area contributed by atoms with Gasteiger partial charge in [-0.2, -0.15) is 0 Å². The van der Waals surface area contributed by atoms with E-state index < -0.39 is 96.0 Å². The Morgan fingerprint density at radius 3 is 1.79 bits per heavy atom. The highest BCUT2D eigenvalue weighted by molar-refractivity contribution is 5.92. The van der Waals surface area contributed by atoms with Gasteiger partial charge in [-0.05, 0) is 47.5 Å². The van der Waals surface area contributed by atoms with Crippen molar-refractivity contribution in [2.45, 2.75) is 43.2 Å². The van der Waals surface area contributed by atoms with Crippen LogP contribution in [0.5, 0.6) is 23.0 Å². The molecule has 0 unspecified atom stereocenters. The molecule has 0 saturated heterocycles. The summed E-state index contributed by atoms with van der Waals surface area (Å²) in [6, 6.07) is 7.19. The first-order valence-electron chi connectivity index (χ1n) is 12.4. The molecule has 43 heavy (non-hydrogen) atoms. The molecule has 7 N–H and O–H groups in total. The van der Waals surface area contributed by atoms with Crippen LogP contribution in [-0.2, 0) is 38.2 Å². The number of aromatic hydroxyl groups is 4. The maximum atomic E-state index is 12.6. The highest BCUT2D eigenvalue weighted by Crippen LogP contribution is 2.37. The Hall–Kier alpha value is -5.57. The number of aliphatic hydroxyl groups excluding tert-OH is 1. The highest BCUT2D eigenvalue weighted by Gasteiger charge is 2.56. The number of aliphatic carboxylic acids is 2. The minimum absolute atomic E-state index is 0.225. The van der Waals surface area contributed by atoms with Gasteiger partial charge >= 0.3 is 29.8 Å². The van der Waals surface area contributed by atoms with Crippen molar-refractivity contribution < 1.29 is 73.9 Å². The average Bonchev–Trinajstić information content (AvgIpc) is 2.91. The lowest BCUT2D eigenvalue weighted by molar-refractivity contribution is -0.214. The van der Waals surface area contributed by atoms with Crippen LogP contribution in [0.15, 0.2) is 48.6 Å². The molecule has 1 fully saturated rings. The number of esters is 3. The smallest absolute Gasteiger partial charge is 0.348 e. The van der Waals surface area contributed by atoms with Crippen molar-refractivity contribution in [2.75, 3.05) is 0 Å². The summed E-state index contributed by atoms with van der Waals surface area (Å²) in [7, 11) is 0. The summed E-state index contributed by atoms with van der Waals surface area (Å²) >= 11 is 0. The van der Waals surface area contributed by atoms with Crippen LogP contribution < -0.4 is 0 Å². The van der Waals surface area contributed by atoms with Gasteiger partial charge in [0.25, 0.3) is 0 Å². The van der Waals surface area contributed by atoms with Gasteiger partial charge in [-0.15, -0.1) is 0 Å². The van der Waals surface area contributed by atoms with Crippen LogP contribution in [0.25, 0.3) is 12.2 Å². The normalized spacial score (nSPS) is 21.7. The number of aliphatic hydroxyl groups is 1. The van der Waals surface area contributed by atoms with Crippen molar-refractivity contribution in [3.63, 3.8) is 0 Å². The molecule has 15 heteroatoms. The SMILES string of the molecule is O=C(O)CC(=O)O[C@@H]1C[C@](OC(=O)/C=C/c2ccc(O)c(O)c2)(C(=O)O)C[C@@H](O)[C@H]1OC(=O)/C=C/c1ccc(O)c(O)c1. The second-order valence-electron chi connectivity index (χ2n) is 9.36. The summed E-state index contributed by atoms with van der Waals surface area (Å²) in [6.07, 6.45) is -4.27. The van der Waals surface area contributed by atoms with Crippen LogP contribution in [0.2, 0.25) is 0 Å². The van der Waals surface area contributed by atoms with E-state index in [1.54, 1.807) is 0 Å². The van der Waals surface area contributed by atoms with Crippen molar-refractivity contribution in [3.8, 4) is 23.0 Å². The number of carboxylic acid groups (broad SMARTS) is 2. The standard InChI is InChI=1S/C28H26O15/c29-16-5-1-14(9-18(16)31)3-7-23(36)42-26-20(33)12-28(27(39)40,13-21(26)41-25(38)11-22(34)35)43-24(37)8-4-15-2-6-17(30)19(32)10-15/h1-10,20-21,26,29-33H,11-13H2,(H,34,35)(H,39,40)/b7-3+,8-4+/t20-,21-,26-,28+/m1/s1. The zero-order valence-electron chi connectivity index (χ0n) is 22.0. The molecule has 0 spiro atoms. The molecular weight excluding hydrogens is 576 g/mol. The predicted octanol–water partition coefficient (Wildman–Crippen LogP) is 1.06. The summed E-state index contributed by atoms with van der Waals surface area (Å²) in [6.45, 7) is 0.